The van der Waals surface area contributed by atoms with Crippen molar-refractivity contribution < 1.29 is 14.3 Å². The van der Waals surface area contributed by atoms with E-state index in [4.69, 9.17) is 9.47 Å². The number of anilines is 1. The van der Waals surface area contributed by atoms with E-state index in [1.165, 1.54) is 18.4 Å². The second kappa shape index (κ2) is 7.34. The summed E-state index contributed by atoms with van der Waals surface area (Å²) < 4.78 is 10.5. The van der Waals surface area contributed by atoms with Gasteiger partial charge in [-0.1, -0.05) is 6.07 Å². The van der Waals surface area contributed by atoms with Crippen LogP contribution in [0.5, 0.6) is 6.01 Å². The van der Waals surface area contributed by atoms with Crippen molar-refractivity contribution in [3.05, 3.63) is 28.2 Å². The molecule has 0 bridgehead atoms. The lowest BCUT2D eigenvalue weighted by Gasteiger charge is -2.26. The number of nitrogens with zero attached hydrogens (tertiary/aromatic N) is 4. The van der Waals surface area contributed by atoms with Gasteiger partial charge in [0.2, 0.25) is 5.95 Å². The van der Waals surface area contributed by atoms with Crippen LogP contribution < -0.4 is 15.0 Å². The van der Waals surface area contributed by atoms with Crippen molar-refractivity contribution in [3.63, 3.8) is 0 Å². The number of methoxy groups -OCH3 is 1. The van der Waals surface area contributed by atoms with Gasteiger partial charge in [0.15, 0.2) is 5.82 Å². The standard InChI is InChI=1S/C14H17N5O3S/c1-21-14-17-11(9-15-12(20)10-3-2-8-23-10)16-13(18-14)19-4-6-22-7-5-19/h2-3,8H,4-7,9H2,1H3,(H,15,20). The van der Waals surface area contributed by atoms with Gasteiger partial charge in [-0.3, -0.25) is 4.79 Å². The van der Waals surface area contributed by atoms with E-state index in [-0.39, 0.29) is 18.5 Å². The largest absolute Gasteiger partial charge is 0.467 e. The van der Waals surface area contributed by atoms with Gasteiger partial charge in [0.05, 0.1) is 31.7 Å². The molecule has 0 saturated carbocycles. The Labute approximate surface area is 137 Å². The first kappa shape index (κ1) is 15.6. The maximum Gasteiger partial charge on any atom is 0.321 e. The zero-order valence-electron chi connectivity index (χ0n) is 12.7. The van der Waals surface area contributed by atoms with Crippen molar-refractivity contribution in [1.29, 1.82) is 0 Å². The van der Waals surface area contributed by atoms with Crippen LogP contribution in [0.2, 0.25) is 0 Å². The van der Waals surface area contributed by atoms with Crippen molar-refractivity contribution in [3.8, 4) is 6.01 Å². The number of carbonyl (C=O) groups is 1. The molecule has 23 heavy (non-hydrogen) atoms. The Bertz CT molecular complexity index is 658. The molecule has 0 spiro atoms. The second-order valence-electron chi connectivity index (χ2n) is 4.80. The summed E-state index contributed by atoms with van der Waals surface area (Å²) >= 11 is 1.39. The predicted octanol–water partition coefficient (Wildman–Crippen LogP) is 0.708. The molecule has 1 saturated heterocycles. The number of carbonyl (C=O) groups excluding carboxylic acids is 1. The van der Waals surface area contributed by atoms with Crippen LogP contribution in [0.15, 0.2) is 17.5 Å². The Balaban J connectivity index is 1.71. The van der Waals surface area contributed by atoms with Crippen molar-refractivity contribution >= 4 is 23.2 Å². The molecule has 3 heterocycles. The molecule has 9 heteroatoms. The van der Waals surface area contributed by atoms with Crippen LogP contribution >= 0.6 is 11.3 Å². The van der Waals surface area contributed by atoms with E-state index < -0.39 is 0 Å². The topological polar surface area (TPSA) is 89.5 Å². The highest BCUT2D eigenvalue weighted by atomic mass is 32.1. The van der Waals surface area contributed by atoms with Crippen LogP contribution in [0.3, 0.4) is 0 Å². The highest BCUT2D eigenvalue weighted by Crippen LogP contribution is 2.14. The van der Waals surface area contributed by atoms with E-state index in [1.807, 2.05) is 16.3 Å². The number of hydrogen-bond acceptors (Lipinski definition) is 8. The Morgan fingerprint density at radius 3 is 2.91 bits per heavy atom. The van der Waals surface area contributed by atoms with E-state index >= 15 is 0 Å². The van der Waals surface area contributed by atoms with Gasteiger partial charge in [0.1, 0.15) is 0 Å². The molecule has 2 aromatic heterocycles. The summed E-state index contributed by atoms with van der Waals surface area (Å²) in [5.74, 6) is 0.857. The Hall–Kier alpha value is -2.26. The molecule has 1 amide bonds. The van der Waals surface area contributed by atoms with E-state index in [0.29, 0.717) is 43.0 Å². The van der Waals surface area contributed by atoms with Gasteiger partial charge >= 0.3 is 6.01 Å². The lowest BCUT2D eigenvalue weighted by molar-refractivity contribution is 0.0953. The van der Waals surface area contributed by atoms with Crippen molar-refractivity contribution in [2.75, 3.05) is 38.3 Å². The number of morpholine rings is 1. The monoisotopic (exact) mass is 335 g/mol. The molecule has 0 aromatic carbocycles. The molecule has 0 unspecified atom stereocenters. The summed E-state index contributed by atoms with van der Waals surface area (Å²) in [5.41, 5.74) is 0. The molecule has 1 aliphatic heterocycles. The highest BCUT2D eigenvalue weighted by Gasteiger charge is 2.17. The summed E-state index contributed by atoms with van der Waals surface area (Å²) in [4.78, 5) is 27.5. The van der Waals surface area contributed by atoms with E-state index in [1.54, 1.807) is 6.07 Å². The first-order valence-electron chi connectivity index (χ1n) is 7.19. The molecule has 2 aromatic rings. The van der Waals surface area contributed by atoms with Crippen LogP contribution in [-0.4, -0.2) is 54.3 Å². The fourth-order valence-corrected chi connectivity index (χ4v) is 2.76. The Morgan fingerprint density at radius 1 is 1.39 bits per heavy atom. The van der Waals surface area contributed by atoms with Gasteiger partial charge < -0.3 is 19.7 Å². The van der Waals surface area contributed by atoms with Crippen LogP contribution in [0, 0.1) is 0 Å². The molecular weight excluding hydrogens is 318 g/mol. The van der Waals surface area contributed by atoms with Crippen molar-refractivity contribution in [2.24, 2.45) is 0 Å². The normalized spacial score (nSPS) is 14.6. The minimum Gasteiger partial charge on any atom is -0.467 e. The first-order chi connectivity index (χ1) is 11.3. The number of hydrogen-bond donors (Lipinski definition) is 1. The number of nitrogens with one attached hydrogen (secondary N) is 1. The molecule has 0 aliphatic carbocycles. The number of aromatic nitrogens is 3. The van der Waals surface area contributed by atoms with Crippen LogP contribution in [0.4, 0.5) is 5.95 Å². The van der Waals surface area contributed by atoms with E-state index in [9.17, 15) is 4.79 Å². The Morgan fingerprint density at radius 2 is 2.22 bits per heavy atom. The second-order valence-corrected chi connectivity index (χ2v) is 5.75. The van der Waals surface area contributed by atoms with Gasteiger partial charge in [-0.15, -0.1) is 11.3 Å². The fourth-order valence-electron chi connectivity index (χ4n) is 2.12. The Kier molecular flexibility index (Phi) is 4.99. The molecule has 0 atom stereocenters. The van der Waals surface area contributed by atoms with Crippen molar-refractivity contribution in [2.45, 2.75) is 6.54 Å². The summed E-state index contributed by atoms with van der Waals surface area (Å²) in [7, 11) is 1.51. The van der Waals surface area contributed by atoms with Gasteiger partial charge in [-0.2, -0.15) is 15.0 Å². The van der Waals surface area contributed by atoms with Gasteiger partial charge in [0, 0.05) is 13.1 Å². The maximum absolute atomic E-state index is 12.0. The summed E-state index contributed by atoms with van der Waals surface area (Å²) in [5, 5.41) is 4.66. The quantitative estimate of drug-likeness (QED) is 0.860. The maximum atomic E-state index is 12.0. The van der Waals surface area contributed by atoms with Gasteiger partial charge in [0.25, 0.3) is 5.91 Å². The lowest BCUT2D eigenvalue weighted by Crippen LogP contribution is -2.37. The molecule has 3 rings (SSSR count). The van der Waals surface area contributed by atoms with Crippen LogP contribution in [0.1, 0.15) is 15.5 Å². The zero-order chi connectivity index (χ0) is 16.1. The minimum absolute atomic E-state index is 0.146. The smallest absolute Gasteiger partial charge is 0.321 e. The van der Waals surface area contributed by atoms with Crippen molar-refractivity contribution in [1.82, 2.24) is 20.3 Å². The average molecular weight is 335 g/mol. The van der Waals surface area contributed by atoms with Crippen LogP contribution in [-0.2, 0) is 11.3 Å². The molecule has 1 fully saturated rings. The number of ether oxygens (including phenoxy) is 2. The lowest BCUT2D eigenvalue weighted by atomic mass is 10.4. The highest BCUT2D eigenvalue weighted by molar-refractivity contribution is 7.12. The van der Waals surface area contributed by atoms with E-state index in [0.717, 1.165) is 0 Å². The van der Waals surface area contributed by atoms with Gasteiger partial charge in [-0.05, 0) is 11.4 Å². The molecule has 1 N–H and O–H groups in total. The number of amides is 1. The summed E-state index contributed by atoms with van der Waals surface area (Å²) in [6.07, 6.45) is 0. The molecule has 8 nitrogen and oxygen atoms in total. The molecule has 122 valence electrons. The summed E-state index contributed by atoms with van der Waals surface area (Å²) in [6, 6.07) is 3.84. The fraction of sp³-hybridized carbons (Fsp3) is 0.429. The van der Waals surface area contributed by atoms with E-state index in [2.05, 4.69) is 20.3 Å². The average Bonchev–Trinajstić information content (AvgIpc) is 3.15. The molecule has 0 radical (unpaired) electrons. The third-order valence-electron chi connectivity index (χ3n) is 3.28. The first-order valence-corrected chi connectivity index (χ1v) is 8.07. The molecular formula is C14H17N5O3S. The third kappa shape index (κ3) is 3.93. The number of rotatable bonds is 5. The third-order valence-corrected chi connectivity index (χ3v) is 4.15. The van der Waals surface area contributed by atoms with Crippen LogP contribution in [0.25, 0.3) is 0 Å². The predicted molar refractivity (Wildman–Crippen MR) is 84.9 cm³/mol. The SMILES string of the molecule is COc1nc(CNC(=O)c2cccs2)nc(N2CCOCC2)n1. The number of thiophene rings is 1. The van der Waals surface area contributed by atoms with Gasteiger partial charge in [-0.25, -0.2) is 0 Å². The molecule has 1 aliphatic rings. The summed E-state index contributed by atoms with van der Waals surface area (Å²) in [6.45, 7) is 2.92. The minimum atomic E-state index is -0.146. The zero-order valence-corrected chi connectivity index (χ0v) is 13.5.